The Labute approximate surface area is 183 Å². The van der Waals surface area contributed by atoms with Crippen molar-refractivity contribution in [2.24, 2.45) is 0 Å². The van der Waals surface area contributed by atoms with Gasteiger partial charge in [-0.1, -0.05) is 158 Å². The SMILES string of the molecule is CC(C)O.CCCCCC.CCCCCC.CCCCCC.CCCCCC. The molecule has 0 fully saturated rings. The molecule has 0 radical (unpaired) electrons. The molecule has 178 valence electrons. The summed E-state index contributed by atoms with van der Waals surface area (Å²) in [6.07, 6.45) is 22.0. The van der Waals surface area contributed by atoms with Gasteiger partial charge in [0.15, 0.2) is 0 Å². The number of aliphatic hydroxyl groups is 1. The van der Waals surface area contributed by atoms with E-state index in [1.54, 1.807) is 13.8 Å². The molecule has 0 rings (SSSR count). The van der Waals surface area contributed by atoms with Crippen molar-refractivity contribution in [1.82, 2.24) is 0 Å². The molecule has 1 N–H and O–H groups in total. The highest BCUT2D eigenvalue weighted by molar-refractivity contribution is 4.32. The fourth-order valence-corrected chi connectivity index (χ4v) is 2.00. The van der Waals surface area contributed by atoms with Crippen molar-refractivity contribution in [3.8, 4) is 0 Å². The van der Waals surface area contributed by atoms with Crippen molar-refractivity contribution in [2.45, 2.75) is 178 Å². The van der Waals surface area contributed by atoms with Gasteiger partial charge in [0.1, 0.15) is 0 Å². The van der Waals surface area contributed by atoms with Gasteiger partial charge in [-0.05, 0) is 13.8 Å². The summed E-state index contributed by atoms with van der Waals surface area (Å²) in [4.78, 5) is 0. The maximum absolute atomic E-state index is 8.06. The Morgan fingerprint density at radius 2 is 0.429 bits per heavy atom. The van der Waals surface area contributed by atoms with Gasteiger partial charge in [0.25, 0.3) is 0 Å². The number of hydrogen-bond donors (Lipinski definition) is 1. The van der Waals surface area contributed by atoms with Gasteiger partial charge in [-0.3, -0.25) is 0 Å². The predicted molar refractivity (Wildman–Crippen MR) is 137 cm³/mol. The zero-order chi connectivity index (χ0) is 22.9. The fourth-order valence-electron chi connectivity index (χ4n) is 2.00. The van der Waals surface area contributed by atoms with Crippen LogP contribution in [0.2, 0.25) is 0 Å². The molecule has 1 nitrogen and oxygen atoms in total. The van der Waals surface area contributed by atoms with Gasteiger partial charge >= 0.3 is 0 Å². The molecule has 0 aromatic heterocycles. The number of unbranched alkanes of at least 4 members (excludes halogenated alkanes) is 12. The summed E-state index contributed by atoms with van der Waals surface area (Å²) < 4.78 is 0. The Morgan fingerprint density at radius 3 is 0.464 bits per heavy atom. The third kappa shape index (κ3) is 113. The quantitative estimate of drug-likeness (QED) is 0.320. The summed E-state index contributed by atoms with van der Waals surface area (Å²) >= 11 is 0. The average Bonchev–Trinajstić information content (AvgIpc) is 2.68. The van der Waals surface area contributed by atoms with Crippen LogP contribution in [-0.2, 0) is 0 Å². The Hall–Kier alpha value is -0.0400. The summed E-state index contributed by atoms with van der Waals surface area (Å²) in [7, 11) is 0. The lowest BCUT2D eigenvalue weighted by Gasteiger charge is -1.86. The Morgan fingerprint density at radius 1 is 0.357 bits per heavy atom. The number of hydrogen-bond acceptors (Lipinski definition) is 1. The second-order valence-electron chi connectivity index (χ2n) is 7.92. The molecular weight excluding hydrogens is 340 g/mol. The van der Waals surface area contributed by atoms with Crippen molar-refractivity contribution in [2.75, 3.05) is 0 Å². The second kappa shape index (κ2) is 50.5. The Bertz CT molecular complexity index is 115. The predicted octanol–water partition coefficient (Wildman–Crippen LogP) is 10.7. The van der Waals surface area contributed by atoms with Crippen molar-refractivity contribution in [1.29, 1.82) is 0 Å². The van der Waals surface area contributed by atoms with Crippen LogP contribution in [0, 0.1) is 0 Å². The van der Waals surface area contributed by atoms with Gasteiger partial charge in [-0.2, -0.15) is 0 Å². The van der Waals surface area contributed by atoms with Gasteiger partial charge < -0.3 is 5.11 Å². The smallest absolute Gasteiger partial charge is 0.0483 e. The van der Waals surface area contributed by atoms with Gasteiger partial charge in [-0.15, -0.1) is 0 Å². The van der Waals surface area contributed by atoms with E-state index in [0.717, 1.165) is 0 Å². The van der Waals surface area contributed by atoms with Crippen LogP contribution in [0.4, 0.5) is 0 Å². The molecule has 0 heterocycles. The summed E-state index contributed by atoms with van der Waals surface area (Å²) in [5.74, 6) is 0. The number of rotatable bonds is 12. The minimum atomic E-state index is -0.167. The zero-order valence-electron chi connectivity index (χ0n) is 22.3. The van der Waals surface area contributed by atoms with Crippen LogP contribution in [0.1, 0.15) is 172 Å². The van der Waals surface area contributed by atoms with E-state index in [-0.39, 0.29) is 6.10 Å². The molecule has 0 aliphatic rings. The van der Waals surface area contributed by atoms with Crippen molar-refractivity contribution < 1.29 is 5.11 Å². The van der Waals surface area contributed by atoms with Gasteiger partial charge in [0, 0.05) is 6.10 Å². The summed E-state index contributed by atoms with van der Waals surface area (Å²) in [6, 6.07) is 0. The lowest BCUT2D eigenvalue weighted by molar-refractivity contribution is 0.216. The van der Waals surface area contributed by atoms with Crippen LogP contribution in [0.15, 0.2) is 0 Å². The van der Waals surface area contributed by atoms with Crippen LogP contribution in [-0.4, -0.2) is 11.2 Å². The molecular formula is C27H64O. The summed E-state index contributed by atoms with van der Waals surface area (Å²) in [5, 5.41) is 8.06. The highest BCUT2D eigenvalue weighted by atomic mass is 16.3. The molecule has 0 aromatic carbocycles. The van der Waals surface area contributed by atoms with E-state index in [1.807, 2.05) is 0 Å². The minimum Gasteiger partial charge on any atom is -0.394 e. The molecule has 0 amide bonds. The normalized spacial score (nSPS) is 9.00. The summed E-state index contributed by atoms with van der Waals surface area (Å²) in [6.45, 7) is 21.3. The molecule has 0 aromatic rings. The molecule has 0 aliphatic heterocycles. The summed E-state index contributed by atoms with van der Waals surface area (Å²) in [5.41, 5.74) is 0. The lowest BCUT2D eigenvalue weighted by Crippen LogP contribution is -1.85. The van der Waals surface area contributed by atoms with E-state index in [0.29, 0.717) is 0 Å². The van der Waals surface area contributed by atoms with E-state index >= 15 is 0 Å². The minimum absolute atomic E-state index is 0.167. The third-order valence-corrected chi connectivity index (χ3v) is 3.83. The first-order valence-electron chi connectivity index (χ1n) is 13.1. The van der Waals surface area contributed by atoms with Crippen LogP contribution in [0.5, 0.6) is 0 Å². The molecule has 28 heavy (non-hydrogen) atoms. The molecule has 0 unspecified atom stereocenters. The van der Waals surface area contributed by atoms with E-state index < -0.39 is 0 Å². The molecule has 1 heteroatoms. The molecule has 0 saturated carbocycles. The lowest BCUT2D eigenvalue weighted by atomic mass is 10.2. The van der Waals surface area contributed by atoms with Crippen LogP contribution in [0.3, 0.4) is 0 Å². The van der Waals surface area contributed by atoms with E-state index in [2.05, 4.69) is 55.4 Å². The van der Waals surface area contributed by atoms with Gasteiger partial charge in [-0.25, -0.2) is 0 Å². The topological polar surface area (TPSA) is 20.2 Å². The maximum atomic E-state index is 8.06. The van der Waals surface area contributed by atoms with Crippen molar-refractivity contribution >= 4 is 0 Å². The first-order valence-corrected chi connectivity index (χ1v) is 13.1. The van der Waals surface area contributed by atoms with Gasteiger partial charge in [0.05, 0.1) is 0 Å². The van der Waals surface area contributed by atoms with Crippen molar-refractivity contribution in [3.05, 3.63) is 0 Å². The highest BCUT2D eigenvalue weighted by Crippen LogP contribution is 1.97. The van der Waals surface area contributed by atoms with E-state index in [1.165, 1.54) is 103 Å². The second-order valence-corrected chi connectivity index (χ2v) is 7.92. The van der Waals surface area contributed by atoms with E-state index in [4.69, 9.17) is 5.11 Å². The standard InChI is InChI=1S/4C6H14.C3H8O/c4*1-3-5-6-4-2;1-3(2)4/h4*3-6H2,1-2H3;3-4H,1-2H3. The van der Waals surface area contributed by atoms with Crippen LogP contribution in [0.25, 0.3) is 0 Å². The first-order chi connectivity index (χ1) is 13.4. The van der Waals surface area contributed by atoms with Crippen LogP contribution < -0.4 is 0 Å². The maximum Gasteiger partial charge on any atom is 0.0483 e. The largest absolute Gasteiger partial charge is 0.394 e. The average molecular weight is 405 g/mol. The monoisotopic (exact) mass is 404 g/mol. The Kier molecular flexibility index (Phi) is 69.6. The molecule has 0 atom stereocenters. The van der Waals surface area contributed by atoms with Gasteiger partial charge in [0.2, 0.25) is 0 Å². The molecule has 0 spiro atoms. The first kappa shape index (κ1) is 38.6. The molecule has 0 saturated heterocycles. The highest BCUT2D eigenvalue weighted by Gasteiger charge is 1.77. The zero-order valence-corrected chi connectivity index (χ0v) is 22.3. The van der Waals surface area contributed by atoms with Crippen molar-refractivity contribution in [3.63, 3.8) is 0 Å². The third-order valence-electron chi connectivity index (χ3n) is 3.83. The van der Waals surface area contributed by atoms with Crippen LogP contribution >= 0.6 is 0 Å². The Balaban J connectivity index is -0.0000000793. The molecule has 0 aliphatic carbocycles. The fraction of sp³-hybridized carbons (Fsp3) is 1.00. The van der Waals surface area contributed by atoms with E-state index in [9.17, 15) is 0 Å². The number of aliphatic hydroxyl groups excluding tert-OH is 1. The molecule has 0 bridgehead atoms.